The van der Waals surface area contributed by atoms with Gasteiger partial charge in [0.05, 0.1) is 25.3 Å². The molecule has 0 radical (unpaired) electrons. The van der Waals surface area contributed by atoms with Gasteiger partial charge in [0, 0.05) is 5.92 Å². The Morgan fingerprint density at radius 3 is 3.18 bits per heavy atom. The van der Waals surface area contributed by atoms with E-state index in [4.69, 9.17) is 4.74 Å². The molecule has 0 spiro atoms. The lowest BCUT2D eigenvalue weighted by molar-refractivity contribution is -0.121. The maximum absolute atomic E-state index is 11.2. The Morgan fingerprint density at radius 1 is 1.64 bits per heavy atom. The highest BCUT2D eigenvalue weighted by molar-refractivity contribution is 5.85. The quantitative estimate of drug-likeness (QED) is 0.497. The fourth-order valence-corrected chi connectivity index (χ4v) is 1.86. The number of fused-ring (bicyclic) bond motifs is 1. The first-order valence-electron chi connectivity index (χ1n) is 3.88. The van der Waals surface area contributed by atoms with Crippen molar-refractivity contribution in [3.63, 3.8) is 0 Å². The van der Waals surface area contributed by atoms with Crippen molar-refractivity contribution in [2.24, 2.45) is 5.92 Å². The standard InChI is InChI=1S/C7H12N2O2/c1-8-6-4-2-11-3-5(4)9-7(6)10/h4-6,8H,2-3H2,1H3,(H,9,10)/t4-,5+,6+/m1/s1. The predicted octanol–water partition coefficient (Wildman–Crippen LogP) is -1.28. The minimum atomic E-state index is -0.0394. The molecule has 0 unspecified atom stereocenters. The molecule has 62 valence electrons. The van der Waals surface area contributed by atoms with Crippen LogP contribution in [0.4, 0.5) is 0 Å². The first-order valence-corrected chi connectivity index (χ1v) is 3.88. The van der Waals surface area contributed by atoms with E-state index in [0.29, 0.717) is 19.1 Å². The summed E-state index contributed by atoms with van der Waals surface area (Å²) in [6, 6.07) is 0.211. The van der Waals surface area contributed by atoms with Gasteiger partial charge in [-0.3, -0.25) is 4.79 Å². The van der Waals surface area contributed by atoms with Crippen molar-refractivity contribution in [1.29, 1.82) is 0 Å². The Hall–Kier alpha value is -0.610. The van der Waals surface area contributed by atoms with Crippen LogP contribution < -0.4 is 10.6 Å². The van der Waals surface area contributed by atoms with Crippen LogP contribution in [0, 0.1) is 5.92 Å². The molecule has 0 aromatic carbocycles. The van der Waals surface area contributed by atoms with Crippen LogP contribution >= 0.6 is 0 Å². The molecule has 1 amide bonds. The van der Waals surface area contributed by atoms with Gasteiger partial charge >= 0.3 is 0 Å². The van der Waals surface area contributed by atoms with Gasteiger partial charge in [-0.05, 0) is 7.05 Å². The molecule has 11 heavy (non-hydrogen) atoms. The third-order valence-electron chi connectivity index (χ3n) is 2.47. The molecule has 0 saturated carbocycles. The Balaban J connectivity index is 2.13. The SMILES string of the molecule is CN[C@@H]1C(=O)N[C@H]2COC[C@H]21. The van der Waals surface area contributed by atoms with Gasteiger partial charge < -0.3 is 15.4 Å². The Bertz CT molecular complexity index is 183. The van der Waals surface area contributed by atoms with E-state index in [-0.39, 0.29) is 18.0 Å². The number of hydrogen-bond acceptors (Lipinski definition) is 3. The number of likely N-dealkylation sites (N-methyl/N-ethyl adjacent to an activating group) is 1. The number of rotatable bonds is 1. The van der Waals surface area contributed by atoms with Crippen LogP contribution in [-0.2, 0) is 9.53 Å². The van der Waals surface area contributed by atoms with Crippen LogP contribution in [0.1, 0.15) is 0 Å². The van der Waals surface area contributed by atoms with E-state index in [0.717, 1.165) is 0 Å². The summed E-state index contributed by atoms with van der Waals surface area (Å²) < 4.78 is 5.24. The molecule has 0 aliphatic carbocycles. The van der Waals surface area contributed by atoms with E-state index in [9.17, 15) is 4.79 Å². The summed E-state index contributed by atoms with van der Waals surface area (Å²) in [7, 11) is 1.81. The van der Waals surface area contributed by atoms with Crippen LogP contribution in [0.3, 0.4) is 0 Å². The molecule has 2 heterocycles. The maximum Gasteiger partial charge on any atom is 0.237 e. The molecule has 0 aromatic heterocycles. The normalized spacial score (nSPS) is 42.3. The number of hydrogen-bond donors (Lipinski definition) is 2. The lowest BCUT2D eigenvalue weighted by Crippen LogP contribution is -2.38. The molecule has 3 atom stereocenters. The van der Waals surface area contributed by atoms with E-state index < -0.39 is 0 Å². The third-order valence-corrected chi connectivity index (χ3v) is 2.47. The lowest BCUT2D eigenvalue weighted by atomic mass is 10.0. The molecular formula is C7H12N2O2. The van der Waals surface area contributed by atoms with E-state index in [1.165, 1.54) is 0 Å². The van der Waals surface area contributed by atoms with Crippen LogP contribution in [0.25, 0.3) is 0 Å². The van der Waals surface area contributed by atoms with Crippen LogP contribution in [0.2, 0.25) is 0 Å². The largest absolute Gasteiger partial charge is 0.379 e. The summed E-state index contributed by atoms with van der Waals surface area (Å²) >= 11 is 0. The highest BCUT2D eigenvalue weighted by Crippen LogP contribution is 2.23. The second kappa shape index (κ2) is 2.46. The third kappa shape index (κ3) is 0.937. The highest BCUT2D eigenvalue weighted by atomic mass is 16.5. The van der Waals surface area contributed by atoms with Crippen molar-refractivity contribution in [3.8, 4) is 0 Å². The predicted molar refractivity (Wildman–Crippen MR) is 39.1 cm³/mol. The fourth-order valence-electron chi connectivity index (χ4n) is 1.86. The van der Waals surface area contributed by atoms with Gasteiger partial charge in [0.1, 0.15) is 0 Å². The summed E-state index contributed by atoms with van der Waals surface area (Å²) in [5.41, 5.74) is 0. The van der Waals surface area contributed by atoms with E-state index in [1.54, 1.807) is 0 Å². The van der Waals surface area contributed by atoms with Gasteiger partial charge in [-0.15, -0.1) is 0 Å². The van der Waals surface area contributed by atoms with E-state index >= 15 is 0 Å². The van der Waals surface area contributed by atoms with Gasteiger partial charge in [-0.25, -0.2) is 0 Å². The molecule has 0 bridgehead atoms. The molecule has 4 heteroatoms. The zero-order chi connectivity index (χ0) is 7.84. The maximum atomic E-state index is 11.2. The first kappa shape index (κ1) is 7.06. The Kier molecular flexibility index (Phi) is 1.58. The molecule has 4 nitrogen and oxygen atoms in total. The van der Waals surface area contributed by atoms with Crippen LogP contribution in [-0.4, -0.2) is 38.3 Å². The van der Waals surface area contributed by atoms with Crippen molar-refractivity contribution < 1.29 is 9.53 Å². The molecule has 2 aliphatic heterocycles. The summed E-state index contributed by atoms with van der Waals surface area (Å²) in [6.07, 6.45) is 0. The van der Waals surface area contributed by atoms with Crippen LogP contribution in [0.15, 0.2) is 0 Å². The second-order valence-corrected chi connectivity index (χ2v) is 3.08. The number of carbonyl (C=O) groups is 1. The van der Waals surface area contributed by atoms with Crippen molar-refractivity contribution in [3.05, 3.63) is 0 Å². The molecule has 0 aromatic rings. The second-order valence-electron chi connectivity index (χ2n) is 3.08. The monoisotopic (exact) mass is 156 g/mol. The molecule has 2 fully saturated rings. The molecule has 2 aliphatic rings. The number of amides is 1. The summed E-state index contributed by atoms with van der Waals surface area (Å²) in [5, 5.41) is 5.88. The highest BCUT2D eigenvalue weighted by Gasteiger charge is 2.44. The zero-order valence-corrected chi connectivity index (χ0v) is 6.46. The molecule has 2 saturated heterocycles. The zero-order valence-electron chi connectivity index (χ0n) is 6.46. The Labute approximate surface area is 65.3 Å². The average molecular weight is 156 g/mol. The smallest absolute Gasteiger partial charge is 0.237 e. The van der Waals surface area contributed by atoms with E-state index in [1.807, 2.05) is 7.05 Å². The first-order chi connectivity index (χ1) is 5.33. The number of carbonyl (C=O) groups excluding carboxylic acids is 1. The topological polar surface area (TPSA) is 50.4 Å². The fraction of sp³-hybridized carbons (Fsp3) is 0.857. The molecule has 2 N–H and O–H groups in total. The lowest BCUT2D eigenvalue weighted by Gasteiger charge is -2.11. The van der Waals surface area contributed by atoms with Crippen molar-refractivity contribution in [1.82, 2.24) is 10.6 Å². The Morgan fingerprint density at radius 2 is 2.45 bits per heavy atom. The molecular weight excluding hydrogens is 144 g/mol. The van der Waals surface area contributed by atoms with Gasteiger partial charge in [0.2, 0.25) is 5.91 Å². The van der Waals surface area contributed by atoms with Gasteiger partial charge in [0.25, 0.3) is 0 Å². The van der Waals surface area contributed by atoms with Crippen LogP contribution in [0.5, 0.6) is 0 Å². The van der Waals surface area contributed by atoms with Crippen molar-refractivity contribution in [2.75, 3.05) is 20.3 Å². The number of nitrogens with one attached hydrogen (secondary N) is 2. The molecule has 2 rings (SSSR count). The van der Waals surface area contributed by atoms with Gasteiger partial charge in [-0.1, -0.05) is 0 Å². The number of ether oxygens (including phenoxy) is 1. The van der Waals surface area contributed by atoms with Crippen molar-refractivity contribution >= 4 is 5.91 Å². The van der Waals surface area contributed by atoms with Gasteiger partial charge in [0.15, 0.2) is 0 Å². The minimum absolute atomic E-state index is 0.0394. The summed E-state index contributed by atoms with van der Waals surface area (Å²) in [6.45, 7) is 1.38. The van der Waals surface area contributed by atoms with Crippen molar-refractivity contribution in [2.45, 2.75) is 12.1 Å². The van der Waals surface area contributed by atoms with Gasteiger partial charge in [-0.2, -0.15) is 0 Å². The minimum Gasteiger partial charge on any atom is -0.379 e. The summed E-state index contributed by atoms with van der Waals surface area (Å²) in [5.74, 6) is 0.457. The summed E-state index contributed by atoms with van der Waals surface area (Å²) in [4.78, 5) is 11.2. The van der Waals surface area contributed by atoms with E-state index in [2.05, 4.69) is 10.6 Å². The average Bonchev–Trinajstić information content (AvgIpc) is 2.46.